The fourth-order valence-electron chi connectivity index (χ4n) is 3.20. The molecule has 0 aliphatic carbocycles. The molecule has 4 heteroatoms. The standard InChI is InChI=1S/C13H22N4/c1-2-13(4-3-5-15-13)11-16-8-9-17-7-6-14-12(17)10-16/h6-7,15H,2-5,8-11H2,1H3. The highest BCUT2D eigenvalue weighted by molar-refractivity contribution is 4.99. The molecule has 0 amide bonds. The smallest absolute Gasteiger partial charge is 0.122 e. The van der Waals surface area contributed by atoms with Crippen LogP contribution < -0.4 is 5.32 Å². The highest BCUT2D eigenvalue weighted by atomic mass is 15.3. The van der Waals surface area contributed by atoms with Gasteiger partial charge in [-0.3, -0.25) is 4.90 Å². The molecule has 94 valence electrons. The molecule has 2 aliphatic rings. The van der Waals surface area contributed by atoms with Crippen LogP contribution in [0, 0.1) is 0 Å². The van der Waals surface area contributed by atoms with Gasteiger partial charge in [-0.1, -0.05) is 6.92 Å². The Morgan fingerprint density at radius 3 is 3.18 bits per heavy atom. The number of rotatable bonds is 3. The molecule has 3 heterocycles. The summed E-state index contributed by atoms with van der Waals surface area (Å²) in [6, 6.07) is 0. The molecule has 1 aromatic rings. The van der Waals surface area contributed by atoms with Gasteiger partial charge in [0.05, 0.1) is 6.54 Å². The molecule has 0 radical (unpaired) electrons. The van der Waals surface area contributed by atoms with Crippen molar-refractivity contribution < 1.29 is 0 Å². The van der Waals surface area contributed by atoms with Crippen molar-refractivity contribution in [1.29, 1.82) is 0 Å². The Kier molecular flexibility index (Phi) is 2.92. The second kappa shape index (κ2) is 4.42. The van der Waals surface area contributed by atoms with Gasteiger partial charge in [-0.15, -0.1) is 0 Å². The number of imidazole rings is 1. The molecule has 4 nitrogen and oxygen atoms in total. The first-order valence-corrected chi connectivity index (χ1v) is 6.79. The van der Waals surface area contributed by atoms with Crippen molar-refractivity contribution in [1.82, 2.24) is 19.8 Å². The van der Waals surface area contributed by atoms with Crippen molar-refractivity contribution in [3.05, 3.63) is 18.2 Å². The number of hydrogen-bond donors (Lipinski definition) is 1. The monoisotopic (exact) mass is 234 g/mol. The fraction of sp³-hybridized carbons (Fsp3) is 0.769. The summed E-state index contributed by atoms with van der Waals surface area (Å²) in [5.41, 5.74) is 0.370. The van der Waals surface area contributed by atoms with E-state index in [1.165, 1.54) is 38.2 Å². The third-order valence-corrected chi connectivity index (χ3v) is 4.36. The Bertz CT molecular complexity index is 379. The Labute approximate surface area is 103 Å². The first kappa shape index (κ1) is 11.2. The lowest BCUT2D eigenvalue weighted by molar-refractivity contribution is 0.154. The van der Waals surface area contributed by atoms with Gasteiger partial charge in [-0.25, -0.2) is 4.98 Å². The summed E-state index contributed by atoms with van der Waals surface area (Å²) in [5.74, 6) is 1.22. The molecule has 1 fully saturated rings. The zero-order chi connectivity index (χ0) is 11.7. The van der Waals surface area contributed by atoms with Gasteiger partial charge in [0.2, 0.25) is 0 Å². The topological polar surface area (TPSA) is 33.1 Å². The largest absolute Gasteiger partial charge is 0.333 e. The van der Waals surface area contributed by atoms with Crippen molar-refractivity contribution >= 4 is 0 Å². The van der Waals surface area contributed by atoms with Crippen LogP contribution in [0.5, 0.6) is 0 Å². The van der Waals surface area contributed by atoms with Crippen LogP contribution in [0.15, 0.2) is 12.4 Å². The maximum absolute atomic E-state index is 4.43. The van der Waals surface area contributed by atoms with E-state index in [4.69, 9.17) is 0 Å². The van der Waals surface area contributed by atoms with Crippen LogP contribution in [-0.4, -0.2) is 39.6 Å². The van der Waals surface area contributed by atoms with Gasteiger partial charge in [0, 0.05) is 37.6 Å². The molecule has 0 spiro atoms. The molecular formula is C13H22N4. The summed E-state index contributed by atoms with van der Waals surface area (Å²) in [6.07, 6.45) is 7.90. The Hall–Kier alpha value is -0.870. The zero-order valence-corrected chi connectivity index (χ0v) is 10.7. The van der Waals surface area contributed by atoms with E-state index in [-0.39, 0.29) is 0 Å². The molecule has 1 saturated heterocycles. The summed E-state index contributed by atoms with van der Waals surface area (Å²) < 4.78 is 2.27. The average Bonchev–Trinajstić information content (AvgIpc) is 2.97. The lowest BCUT2D eigenvalue weighted by atomic mass is 9.93. The minimum atomic E-state index is 0.370. The Morgan fingerprint density at radius 1 is 1.47 bits per heavy atom. The fourth-order valence-corrected chi connectivity index (χ4v) is 3.20. The third kappa shape index (κ3) is 2.11. The molecule has 0 aromatic carbocycles. The zero-order valence-electron chi connectivity index (χ0n) is 10.7. The van der Waals surface area contributed by atoms with Gasteiger partial charge in [-0.05, 0) is 25.8 Å². The van der Waals surface area contributed by atoms with E-state index in [1.54, 1.807) is 0 Å². The lowest BCUT2D eigenvalue weighted by Gasteiger charge is -2.37. The van der Waals surface area contributed by atoms with Crippen LogP contribution in [-0.2, 0) is 13.1 Å². The van der Waals surface area contributed by atoms with Crippen molar-refractivity contribution in [2.24, 2.45) is 0 Å². The number of hydrogen-bond acceptors (Lipinski definition) is 3. The van der Waals surface area contributed by atoms with E-state index in [0.29, 0.717) is 5.54 Å². The van der Waals surface area contributed by atoms with Gasteiger partial charge in [0.25, 0.3) is 0 Å². The Morgan fingerprint density at radius 2 is 2.41 bits per heavy atom. The van der Waals surface area contributed by atoms with E-state index < -0.39 is 0 Å². The van der Waals surface area contributed by atoms with Crippen LogP contribution >= 0.6 is 0 Å². The molecule has 1 aromatic heterocycles. The lowest BCUT2D eigenvalue weighted by Crippen LogP contribution is -2.51. The number of nitrogens with zero attached hydrogens (tertiary/aromatic N) is 3. The molecule has 17 heavy (non-hydrogen) atoms. The molecule has 1 N–H and O–H groups in total. The highest BCUT2D eigenvalue weighted by Crippen LogP contribution is 2.25. The minimum absolute atomic E-state index is 0.370. The molecular weight excluding hydrogens is 212 g/mol. The second-order valence-corrected chi connectivity index (χ2v) is 5.41. The van der Waals surface area contributed by atoms with Crippen molar-refractivity contribution in [3.63, 3.8) is 0 Å². The SMILES string of the molecule is CCC1(CN2CCn3ccnc3C2)CCCN1. The van der Waals surface area contributed by atoms with Crippen molar-refractivity contribution in [3.8, 4) is 0 Å². The molecule has 2 aliphatic heterocycles. The van der Waals surface area contributed by atoms with E-state index >= 15 is 0 Å². The van der Waals surface area contributed by atoms with Crippen LogP contribution in [0.3, 0.4) is 0 Å². The highest BCUT2D eigenvalue weighted by Gasteiger charge is 2.34. The molecule has 1 unspecified atom stereocenters. The molecule has 0 saturated carbocycles. The van der Waals surface area contributed by atoms with Gasteiger partial charge >= 0.3 is 0 Å². The van der Waals surface area contributed by atoms with Crippen LogP contribution in [0.25, 0.3) is 0 Å². The summed E-state index contributed by atoms with van der Waals surface area (Å²) in [6.45, 7) is 7.94. The van der Waals surface area contributed by atoms with Crippen molar-refractivity contribution in [2.45, 2.75) is 44.8 Å². The second-order valence-electron chi connectivity index (χ2n) is 5.41. The van der Waals surface area contributed by atoms with Gasteiger partial charge in [0.1, 0.15) is 5.82 Å². The summed E-state index contributed by atoms with van der Waals surface area (Å²) in [7, 11) is 0. The van der Waals surface area contributed by atoms with E-state index in [0.717, 1.165) is 19.6 Å². The summed E-state index contributed by atoms with van der Waals surface area (Å²) >= 11 is 0. The van der Waals surface area contributed by atoms with Gasteiger partial charge in [0.15, 0.2) is 0 Å². The number of fused-ring (bicyclic) bond motifs is 1. The summed E-state index contributed by atoms with van der Waals surface area (Å²) in [5, 5.41) is 3.72. The van der Waals surface area contributed by atoms with E-state index in [2.05, 4.69) is 32.9 Å². The third-order valence-electron chi connectivity index (χ3n) is 4.36. The molecule has 1 atom stereocenters. The average molecular weight is 234 g/mol. The normalized spacial score (nSPS) is 29.5. The first-order chi connectivity index (χ1) is 8.31. The molecule has 3 rings (SSSR count). The van der Waals surface area contributed by atoms with Crippen LogP contribution in [0.4, 0.5) is 0 Å². The van der Waals surface area contributed by atoms with E-state index in [1.807, 2.05) is 6.20 Å². The van der Waals surface area contributed by atoms with Crippen LogP contribution in [0.2, 0.25) is 0 Å². The minimum Gasteiger partial charge on any atom is -0.333 e. The first-order valence-electron chi connectivity index (χ1n) is 6.79. The maximum atomic E-state index is 4.43. The van der Waals surface area contributed by atoms with Crippen LogP contribution in [0.1, 0.15) is 32.0 Å². The Balaban J connectivity index is 1.67. The predicted octanol–water partition coefficient (Wildman–Crippen LogP) is 1.23. The summed E-state index contributed by atoms with van der Waals surface area (Å²) in [4.78, 5) is 6.99. The van der Waals surface area contributed by atoms with Crippen molar-refractivity contribution in [2.75, 3.05) is 19.6 Å². The van der Waals surface area contributed by atoms with Gasteiger partial charge in [-0.2, -0.15) is 0 Å². The maximum Gasteiger partial charge on any atom is 0.122 e. The number of aromatic nitrogens is 2. The predicted molar refractivity (Wildman–Crippen MR) is 67.8 cm³/mol. The van der Waals surface area contributed by atoms with E-state index in [9.17, 15) is 0 Å². The number of nitrogens with one attached hydrogen (secondary N) is 1. The molecule has 0 bridgehead atoms. The quantitative estimate of drug-likeness (QED) is 0.854. The van der Waals surface area contributed by atoms with Gasteiger partial charge < -0.3 is 9.88 Å².